The van der Waals surface area contributed by atoms with E-state index in [0.29, 0.717) is 28.5 Å². The van der Waals surface area contributed by atoms with E-state index < -0.39 is 0 Å². The predicted octanol–water partition coefficient (Wildman–Crippen LogP) is 2.91. The minimum atomic E-state index is -0.226. The molecule has 1 aromatic carbocycles. The molecule has 5 N–H and O–H groups in total. The number of phenolic OH excluding ortho intramolecular Hbond substituents is 2. The summed E-state index contributed by atoms with van der Waals surface area (Å²) in [4.78, 5) is 9.04. The Morgan fingerprint density at radius 1 is 1.10 bits per heavy atom. The van der Waals surface area contributed by atoms with Crippen LogP contribution in [0.5, 0.6) is 11.5 Å². The van der Waals surface area contributed by atoms with Crippen molar-refractivity contribution in [3.63, 3.8) is 0 Å². The van der Waals surface area contributed by atoms with E-state index in [1.807, 2.05) is 27.7 Å². The van der Waals surface area contributed by atoms with E-state index in [0.717, 1.165) is 0 Å². The smallest absolute Gasteiger partial charge is 0.227 e. The topological polar surface area (TPSA) is 141 Å². The molecule has 2 heterocycles. The van der Waals surface area contributed by atoms with Gasteiger partial charge in [0.1, 0.15) is 11.5 Å². The number of hydrogen-bond acceptors (Lipinski definition) is 9. The maximum Gasteiger partial charge on any atom is 0.227 e. The number of anilines is 2. The fourth-order valence-corrected chi connectivity index (χ4v) is 3.03. The van der Waals surface area contributed by atoms with Crippen molar-refractivity contribution in [2.24, 2.45) is 5.92 Å². The van der Waals surface area contributed by atoms with Gasteiger partial charge in [0.25, 0.3) is 0 Å². The summed E-state index contributed by atoms with van der Waals surface area (Å²) >= 11 is 5.82. The molecule has 0 aliphatic carbocycles. The number of nitrogens with one attached hydrogen (secondary N) is 2. The second kappa shape index (κ2) is 8.88. The summed E-state index contributed by atoms with van der Waals surface area (Å²) < 4.78 is 1.68. The highest BCUT2D eigenvalue weighted by molar-refractivity contribution is 6.32. The Morgan fingerprint density at radius 3 is 2.47 bits per heavy atom. The summed E-state index contributed by atoms with van der Waals surface area (Å²) in [7, 11) is 0. The predicted molar refractivity (Wildman–Crippen MR) is 115 cm³/mol. The molecule has 3 aromatic rings. The van der Waals surface area contributed by atoms with Crippen LogP contribution in [0.25, 0.3) is 11.2 Å². The zero-order chi connectivity index (χ0) is 22.0. The first kappa shape index (κ1) is 21.8. The number of aliphatic hydroxyl groups is 1. The van der Waals surface area contributed by atoms with Crippen LogP contribution in [0.15, 0.2) is 12.1 Å². The maximum absolute atomic E-state index is 10.1. The highest BCUT2D eigenvalue weighted by Gasteiger charge is 2.19. The van der Waals surface area contributed by atoms with Gasteiger partial charge in [-0.05, 0) is 25.8 Å². The molecule has 11 heteroatoms. The van der Waals surface area contributed by atoms with Crippen LogP contribution in [-0.2, 0) is 6.54 Å². The Morgan fingerprint density at radius 2 is 1.83 bits per heavy atom. The zero-order valence-corrected chi connectivity index (χ0v) is 18.0. The SMILES string of the molecule is CC(C)C(CO)Nc1nc(NCc2cc(O)c(Cl)cc2O)c2nnn(C(C)C)c2n1. The summed E-state index contributed by atoms with van der Waals surface area (Å²) in [6.45, 7) is 8.00. The summed E-state index contributed by atoms with van der Waals surface area (Å²) in [5, 5.41) is 44.3. The number of hydrogen-bond donors (Lipinski definition) is 5. The van der Waals surface area contributed by atoms with Gasteiger partial charge in [-0.1, -0.05) is 30.7 Å². The van der Waals surface area contributed by atoms with Gasteiger partial charge >= 0.3 is 0 Å². The Labute approximate surface area is 178 Å². The molecule has 0 spiro atoms. The minimum Gasteiger partial charge on any atom is -0.508 e. The van der Waals surface area contributed by atoms with Crippen LogP contribution in [0.3, 0.4) is 0 Å². The normalized spacial score (nSPS) is 12.7. The van der Waals surface area contributed by atoms with Crippen LogP contribution in [-0.4, -0.2) is 52.9 Å². The number of fused-ring (bicyclic) bond motifs is 1. The molecule has 30 heavy (non-hydrogen) atoms. The summed E-state index contributed by atoms with van der Waals surface area (Å²) in [6.07, 6.45) is 0. The number of benzene rings is 1. The average molecular weight is 436 g/mol. The fraction of sp³-hybridized carbons (Fsp3) is 0.474. The van der Waals surface area contributed by atoms with Crippen LogP contribution in [0.2, 0.25) is 5.02 Å². The molecule has 1 unspecified atom stereocenters. The van der Waals surface area contributed by atoms with Crippen LogP contribution in [0.1, 0.15) is 39.3 Å². The standard InChI is InChI=1S/C19H26ClN7O3/c1-9(2)13(8-28)22-19-23-17(16-18(24-19)27(10(3)4)26-25-16)21-7-11-5-15(30)12(20)6-14(11)29/h5-6,9-10,13,28-30H,7-8H2,1-4H3,(H2,21,22,23,24). The van der Waals surface area contributed by atoms with Gasteiger partial charge < -0.3 is 26.0 Å². The lowest BCUT2D eigenvalue weighted by Crippen LogP contribution is -2.30. The number of aromatic nitrogens is 5. The zero-order valence-electron chi connectivity index (χ0n) is 17.3. The number of phenols is 2. The van der Waals surface area contributed by atoms with E-state index in [9.17, 15) is 15.3 Å². The molecule has 0 fully saturated rings. The lowest BCUT2D eigenvalue weighted by Gasteiger charge is -2.20. The van der Waals surface area contributed by atoms with Crippen molar-refractivity contribution in [1.29, 1.82) is 0 Å². The molecule has 0 aliphatic heterocycles. The Balaban J connectivity index is 1.99. The van der Waals surface area contributed by atoms with E-state index in [-0.39, 0.29) is 47.7 Å². The molecule has 0 amide bonds. The first-order valence-corrected chi connectivity index (χ1v) is 10.0. The molecule has 0 aliphatic rings. The third-order valence-electron chi connectivity index (χ3n) is 4.72. The lowest BCUT2D eigenvalue weighted by atomic mass is 10.1. The summed E-state index contributed by atoms with van der Waals surface area (Å²) in [5.41, 5.74) is 1.44. The van der Waals surface area contributed by atoms with Crippen molar-refractivity contribution >= 4 is 34.5 Å². The molecule has 0 saturated carbocycles. The van der Waals surface area contributed by atoms with Gasteiger partial charge in [0, 0.05) is 18.2 Å². The molecule has 10 nitrogen and oxygen atoms in total. The van der Waals surface area contributed by atoms with Crippen LogP contribution >= 0.6 is 11.6 Å². The van der Waals surface area contributed by atoms with Gasteiger partial charge in [-0.15, -0.1) is 5.10 Å². The van der Waals surface area contributed by atoms with Gasteiger partial charge in [-0.25, -0.2) is 4.68 Å². The van der Waals surface area contributed by atoms with E-state index in [1.165, 1.54) is 12.1 Å². The van der Waals surface area contributed by atoms with Gasteiger partial charge in [-0.2, -0.15) is 9.97 Å². The van der Waals surface area contributed by atoms with E-state index in [2.05, 4.69) is 30.9 Å². The first-order chi connectivity index (χ1) is 14.2. The van der Waals surface area contributed by atoms with E-state index >= 15 is 0 Å². The monoisotopic (exact) mass is 435 g/mol. The number of rotatable bonds is 8. The second-order valence-electron chi connectivity index (χ2n) is 7.66. The third-order valence-corrected chi connectivity index (χ3v) is 5.03. The van der Waals surface area contributed by atoms with Crippen molar-refractivity contribution in [2.75, 3.05) is 17.2 Å². The van der Waals surface area contributed by atoms with E-state index in [1.54, 1.807) is 4.68 Å². The third kappa shape index (κ3) is 4.49. The second-order valence-corrected chi connectivity index (χ2v) is 8.07. The van der Waals surface area contributed by atoms with Gasteiger partial charge in [0.15, 0.2) is 17.0 Å². The number of aliphatic hydroxyl groups excluding tert-OH is 1. The average Bonchev–Trinajstić information content (AvgIpc) is 3.11. The Hall–Kier alpha value is -2.85. The Bertz CT molecular complexity index is 1040. The molecule has 1 atom stereocenters. The lowest BCUT2D eigenvalue weighted by molar-refractivity contribution is 0.248. The summed E-state index contributed by atoms with van der Waals surface area (Å²) in [5.74, 6) is 0.705. The molecule has 3 rings (SSSR count). The maximum atomic E-state index is 10.1. The molecular weight excluding hydrogens is 410 g/mol. The molecule has 0 bridgehead atoms. The molecule has 2 aromatic heterocycles. The van der Waals surface area contributed by atoms with Gasteiger partial charge in [-0.3, -0.25) is 0 Å². The number of nitrogens with zero attached hydrogens (tertiary/aromatic N) is 5. The summed E-state index contributed by atoms with van der Waals surface area (Å²) in [6, 6.07) is 2.46. The van der Waals surface area contributed by atoms with Crippen molar-refractivity contribution in [3.8, 4) is 11.5 Å². The van der Waals surface area contributed by atoms with Crippen molar-refractivity contribution < 1.29 is 15.3 Å². The van der Waals surface area contributed by atoms with E-state index in [4.69, 9.17) is 11.6 Å². The van der Waals surface area contributed by atoms with Gasteiger partial charge in [0.05, 0.1) is 23.7 Å². The van der Waals surface area contributed by atoms with Crippen molar-refractivity contribution in [3.05, 3.63) is 22.7 Å². The largest absolute Gasteiger partial charge is 0.508 e. The highest BCUT2D eigenvalue weighted by Crippen LogP contribution is 2.32. The molecule has 162 valence electrons. The van der Waals surface area contributed by atoms with Crippen LogP contribution in [0, 0.1) is 5.92 Å². The Kier molecular flexibility index (Phi) is 6.47. The highest BCUT2D eigenvalue weighted by atomic mass is 35.5. The molecule has 0 saturated heterocycles. The van der Waals surface area contributed by atoms with Crippen LogP contribution < -0.4 is 10.6 Å². The molecular formula is C19H26ClN7O3. The van der Waals surface area contributed by atoms with Crippen molar-refractivity contribution in [2.45, 2.75) is 46.3 Å². The minimum absolute atomic E-state index is 0.0293. The van der Waals surface area contributed by atoms with Crippen LogP contribution in [0.4, 0.5) is 11.8 Å². The van der Waals surface area contributed by atoms with Crippen molar-refractivity contribution in [1.82, 2.24) is 25.0 Å². The fourth-order valence-electron chi connectivity index (χ4n) is 2.87. The number of halogens is 1. The van der Waals surface area contributed by atoms with Gasteiger partial charge in [0.2, 0.25) is 5.95 Å². The molecule has 0 radical (unpaired) electrons. The number of aromatic hydroxyl groups is 2. The first-order valence-electron chi connectivity index (χ1n) is 9.65. The quantitative estimate of drug-likeness (QED) is 0.337.